The summed E-state index contributed by atoms with van der Waals surface area (Å²) in [6.45, 7) is 3.82. The Balaban J connectivity index is 2.01. The van der Waals surface area contributed by atoms with E-state index in [0.717, 1.165) is 5.56 Å². The van der Waals surface area contributed by atoms with Crippen molar-refractivity contribution >= 4 is 5.96 Å². The summed E-state index contributed by atoms with van der Waals surface area (Å²) < 4.78 is 44.3. The molecule has 23 heavy (non-hydrogen) atoms. The molecule has 1 fully saturated rings. The molecule has 0 radical (unpaired) electrons. The van der Waals surface area contributed by atoms with Crippen molar-refractivity contribution in [3.8, 4) is 0 Å². The zero-order valence-corrected chi connectivity index (χ0v) is 13.3. The van der Waals surface area contributed by atoms with E-state index in [1.54, 1.807) is 10.9 Å². The van der Waals surface area contributed by atoms with E-state index in [1.807, 2.05) is 25.1 Å². The molecule has 9 heteroatoms. The van der Waals surface area contributed by atoms with Crippen LogP contribution in [0.15, 0.2) is 17.4 Å². The minimum Gasteiger partial charge on any atom is -0.370 e. The highest BCUT2D eigenvalue weighted by atomic mass is 19.4. The minimum atomic E-state index is -4.19. The minimum absolute atomic E-state index is 0.163. The molecule has 0 aromatic carbocycles. The van der Waals surface area contributed by atoms with E-state index in [4.69, 9.17) is 4.74 Å². The molecule has 130 valence electrons. The van der Waals surface area contributed by atoms with Crippen LogP contribution in [0.25, 0.3) is 0 Å². The molecule has 1 aliphatic rings. The molecule has 1 aromatic rings. The number of nitrogens with zero attached hydrogens (tertiary/aromatic N) is 4. The molecule has 0 spiro atoms. The van der Waals surface area contributed by atoms with Crippen molar-refractivity contribution in [2.75, 3.05) is 32.8 Å². The van der Waals surface area contributed by atoms with Gasteiger partial charge in [-0.05, 0) is 6.92 Å². The Bertz CT molecular complexity index is 529. The molecular weight excluding hydrogens is 311 g/mol. The lowest BCUT2D eigenvalue weighted by Crippen LogP contribution is -2.48. The number of nitrogens with one attached hydrogen (secondary N) is 1. The summed E-state index contributed by atoms with van der Waals surface area (Å²) in [5.41, 5.74) is 0.948. The second-order valence-corrected chi connectivity index (χ2v) is 5.35. The number of ether oxygens (including phenoxy) is 1. The van der Waals surface area contributed by atoms with Crippen molar-refractivity contribution in [1.82, 2.24) is 20.0 Å². The fourth-order valence-corrected chi connectivity index (χ4v) is 2.36. The third kappa shape index (κ3) is 5.42. The average molecular weight is 333 g/mol. The van der Waals surface area contributed by atoms with Gasteiger partial charge < -0.3 is 15.0 Å². The first-order valence-corrected chi connectivity index (χ1v) is 7.59. The lowest BCUT2D eigenvalue weighted by molar-refractivity contribution is -0.132. The molecule has 0 aliphatic carbocycles. The number of alkyl halides is 3. The topological polar surface area (TPSA) is 54.7 Å². The highest BCUT2D eigenvalue weighted by molar-refractivity contribution is 5.80. The standard InChI is InChI=1S/C14H22F3N5O/c1-3-18-13(19-5-4-14(15,16)17)22-6-7-23-12(10-22)11-8-20-21(2)9-11/h8-9,12H,3-7,10H2,1-2H3,(H,18,19). The lowest BCUT2D eigenvalue weighted by atomic mass is 10.1. The van der Waals surface area contributed by atoms with Crippen molar-refractivity contribution in [1.29, 1.82) is 0 Å². The monoisotopic (exact) mass is 333 g/mol. The fraction of sp³-hybridized carbons (Fsp3) is 0.714. The zero-order chi connectivity index (χ0) is 16.9. The number of hydrogen-bond acceptors (Lipinski definition) is 3. The first-order chi connectivity index (χ1) is 10.9. The first kappa shape index (κ1) is 17.6. The maximum atomic E-state index is 12.3. The Morgan fingerprint density at radius 1 is 1.52 bits per heavy atom. The Hall–Kier alpha value is -1.77. The van der Waals surface area contributed by atoms with E-state index in [-0.39, 0.29) is 12.6 Å². The van der Waals surface area contributed by atoms with Gasteiger partial charge in [0, 0.05) is 31.9 Å². The highest BCUT2D eigenvalue weighted by Crippen LogP contribution is 2.22. The molecule has 1 saturated heterocycles. The number of rotatable bonds is 4. The molecule has 1 aromatic heterocycles. The van der Waals surface area contributed by atoms with Crippen molar-refractivity contribution in [2.45, 2.75) is 25.6 Å². The predicted octanol–water partition coefficient (Wildman–Crippen LogP) is 1.71. The second-order valence-electron chi connectivity index (χ2n) is 5.35. The van der Waals surface area contributed by atoms with E-state index >= 15 is 0 Å². The number of guanidine groups is 1. The van der Waals surface area contributed by atoms with Gasteiger partial charge in [0.2, 0.25) is 0 Å². The van der Waals surface area contributed by atoms with Crippen LogP contribution in [0.5, 0.6) is 0 Å². The van der Waals surface area contributed by atoms with Crippen molar-refractivity contribution in [2.24, 2.45) is 12.0 Å². The van der Waals surface area contributed by atoms with Crippen molar-refractivity contribution < 1.29 is 17.9 Å². The summed E-state index contributed by atoms with van der Waals surface area (Å²) in [7, 11) is 1.83. The highest BCUT2D eigenvalue weighted by Gasteiger charge is 2.28. The van der Waals surface area contributed by atoms with E-state index in [9.17, 15) is 13.2 Å². The van der Waals surface area contributed by atoms with E-state index < -0.39 is 12.6 Å². The first-order valence-electron chi connectivity index (χ1n) is 7.59. The molecule has 6 nitrogen and oxygen atoms in total. The molecule has 1 aliphatic heterocycles. The molecule has 2 rings (SSSR count). The summed E-state index contributed by atoms with van der Waals surface area (Å²) in [6.07, 6.45) is -1.66. The van der Waals surface area contributed by atoms with Gasteiger partial charge in [0.05, 0.1) is 32.3 Å². The third-order valence-corrected chi connectivity index (χ3v) is 3.45. The van der Waals surface area contributed by atoms with Crippen LogP contribution in [0.1, 0.15) is 25.0 Å². The Morgan fingerprint density at radius 2 is 2.30 bits per heavy atom. The maximum absolute atomic E-state index is 12.3. The van der Waals surface area contributed by atoms with Crippen LogP contribution in [0.2, 0.25) is 0 Å². The van der Waals surface area contributed by atoms with Crippen molar-refractivity contribution in [3.05, 3.63) is 18.0 Å². The van der Waals surface area contributed by atoms with Crippen LogP contribution >= 0.6 is 0 Å². The van der Waals surface area contributed by atoms with Gasteiger partial charge in [-0.2, -0.15) is 18.3 Å². The molecule has 0 saturated carbocycles. The number of hydrogen-bond donors (Lipinski definition) is 1. The molecule has 0 amide bonds. The number of halogens is 3. The predicted molar refractivity (Wildman–Crippen MR) is 80.1 cm³/mol. The summed E-state index contributed by atoms with van der Waals surface area (Å²) >= 11 is 0. The molecule has 1 N–H and O–H groups in total. The SMILES string of the molecule is CCNC(=NCCC(F)(F)F)N1CCOC(c2cnn(C)c2)C1. The van der Waals surface area contributed by atoms with Gasteiger partial charge in [0.15, 0.2) is 5.96 Å². The summed E-state index contributed by atoms with van der Waals surface area (Å²) in [4.78, 5) is 6.02. The second kappa shape index (κ2) is 7.67. The van der Waals surface area contributed by atoms with Gasteiger partial charge in [0.25, 0.3) is 0 Å². The quantitative estimate of drug-likeness (QED) is 0.673. The molecule has 1 atom stereocenters. The summed E-state index contributed by atoms with van der Waals surface area (Å²) in [5.74, 6) is 0.494. The largest absolute Gasteiger partial charge is 0.390 e. The van der Waals surface area contributed by atoms with Crippen molar-refractivity contribution in [3.63, 3.8) is 0 Å². The number of morpholine rings is 1. The van der Waals surface area contributed by atoms with E-state index in [1.165, 1.54) is 0 Å². The Morgan fingerprint density at radius 3 is 2.91 bits per heavy atom. The van der Waals surface area contributed by atoms with Crippen LogP contribution < -0.4 is 5.32 Å². The van der Waals surface area contributed by atoms with E-state index in [0.29, 0.717) is 32.2 Å². The number of aryl methyl sites for hydroxylation is 1. The van der Waals surface area contributed by atoms with Crippen LogP contribution in [0.3, 0.4) is 0 Å². The fourth-order valence-electron chi connectivity index (χ4n) is 2.36. The van der Waals surface area contributed by atoms with Crippen LogP contribution in [0.4, 0.5) is 13.2 Å². The molecule has 2 heterocycles. The molecule has 0 bridgehead atoms. The van der Waals surface area contributed by atoms with Crippen LogP contribution in [-0.2, 0) is 11.8 Å². The third-order valence-electron chi connectivity index (χ3n) is 3.45. The Labute approximate surface area is 133 Å². The van der Waals surface area contributed by atoms with E-state index in [2.05, 4.69) is 15.4 Å². The van der Waals surface area contributed by atoms with Gasteiger partial charge in [0.1, 0.15) is 6.10 Å². The van der Waals surface area contributed by atoms with Gasteiger partial charge in [-0.15, -0.1) is 0 Å². The number of aromatic nitrogens is 2. The van der Waals surface area contributed by atoms with Crippen LogP contribution in [-0.4, -0.2) is 59.6 Å². The summed E-state index contributed by atoms with van der Waals surface area (Å²) in [6, 6.07) is 0. The van der Waals surface area contributed by atoms with Gasteiger partial charge in [-0.3, -0.25) is 9.67 Å². The van der Waals surface area contributed by atoms with Gasteiger partial charge in [-0.25, -0.2) is 0 Å². The van der Waals surface area contributed by atoms with Crippen LogP contribution in [0, 0.1) is 0 Å². The smallest absolute Gasteiger partial charge is 0.370 e. The normalized spacial score (nSPS) is 20.0. The average Bonchev–Trinajstić information content (AvgIpc) is 2.92. The van der Waals surface area contributed by atoms with Gasteiger partial charge >= 0.3 is 6.18 Å². The van der Waals surface area contributed by atoms with Gasteiger partial charge in [-0.1, -0.05) is 0 Å². The lowest BCUT2D eigenvalue weighted by Gasteiger charge is -2.34. The Kier molecular flexibility index (Phi) is 5.86. The maximum Gasteiger partial charge on any atom is 0.390 e. The zero-order valence-electron chi connectivity index (χ0n) is 13.3. The molecule has 1 unspecified atom stereocenters. The summed E-state index contributed by atoms with van der Waals surface area (Å²) in [5, 5.41) is 7.17. The number of aliphatic imine (C=N–C) groups is 1. The molecular formula is C14H22F3N5O.